The first-order chi connectivity index (χ1) is 14.5. The zero-order valence-corrected chi connectivity index (χ0v) is 15.4. The van der Waals surface area contributed by atoms with E-state index in [1.807, 2.05) is 0 Å². The lowest BCUT2D eigenvalue weighted by atomic mass is 10.1. The van der Waals surface area contributed by atoms with E-state index >= 15 is 0 Å². The van der Waals surface area contributed by atoms with Gasteiger partial charge in [0.1, 0.15) is 34.8 Å². The van der Waals surface area contributed by atoms with E-state index < -0.39 is 40.8 Å². The van der Waals surface area contributed by atoms with Crippen molar-refractivity contribution in [3.8, 4) is 11.8 Å². The first kappa shape index (κ1) is 22.1. The molecule has 0 atom stereocenters. The molecule has 0 amide bonds. The van der Waals surface area contributed by atoms with Crippen LogP contribution in [0.1, 0.15) is 22.6 Å². The summed E-state index contributed by atoms with van der Waals surface area (Å²) >= 11 is 0. The maximum absolute atomic E-state index is 13.2. The number of imidazole rings is 1. The van der Waals surface area contributed by atoms with Gasteiger partial charge in [-0.05, 0) is 30.3 Å². The molecule has 0 saturated heterocycles. The van der Waals surface area contributed by atoms with Gasteiger partial charge >= 0.3 is 12.4 Å². The number of nitriles is 1. The summed E-state index contributed by atoms with van der Waals surface area (Å²) < 4.78 is 93.2. The van der Waals surface area contributed by atoms with Crippen molar-refractivity contribution in [2.24, 2.45) is 0 Å². The average Bonchev–Trinajstić information content (AvgIpc) is 3.15. The van der Waals surface area contributed by atoms with Crippen LogP contribution in [0.4, 0.5) is 36.6 Å². The summed E-state index contributed by atoms with van der Waals surface area (Å²) in [6.07, 6.45) is -7.25. The van der Waals surface area contributed by atoms with Gasteiger partial charge in [-0.2, -0.15) is 31.6 Å². The standard InChI is InChI=1S/C19H12F7N5/c20-11-1-3-12(4-2-11)31-8-7-28-16(31)5-6-29-17-13(10-27)14(18(21,22)23)9-15(30-17)19(24,25)26/h1-4,7-9H,5-6H2,(H,29,30). The number of aromatic nitrogens is 3. The number of rotatable bonds is 5. The fraction of sp³-hybridized carbons (Fsp3) is 0.211. The maximum Gasteiger partial charge on any atom is 0.433 e. The minimum atomic E-state index is -5.18. The predicted molar refractivity (Wildman–Crippen MR) is 94.7 cm³/mol. The smallest absolute Gasteiger partial charge is 0.368 e. The Kier molecular flexibility index (Phi) is 5.88. The van der Waals surface area contributed by atoms with Crippen LogP contribution in [0.15, 0.2) is 42.7 Å². The van der Waals surface area contributed by atoms with Crippen molar-refractivity contribution in [2.75, 3.05) is 11.9 Å². The first-order valence-electron chi connectivity index (χ1n) is 8.62. The van der Waals surface area contributed by atoms with Crippen molar-refractivity contribution in [1.29, 1.82) is 5.26 Å². The Morgan fingerprint density at radius 3 is 2.29 bits per heavy atom. The second-order valence-electron chi connectivity index (χ2n) is 6.25. The molecule has 0 aliphatic heterocycles. The molecule has 0 saturated carbocycles. The van der Waals surface area contributed by atoms with Crippen LogP contribution in [-0.4, -0.2) is 21.1 Å². The monoisotopic (exact) mass is 443 g/mol. The summed E-state index contributed by atoms with van der Waals surface area (Å²) in [6, 6.07) is 6.48. The normalized spacial score (nSPS) is 11.9. The molecule has 31 heavy (non-hydrogen) atoms. The van der Waals surface area contributed by atoms with E-state index in [2.05, 4.69) is 15.3 Å². The minimum absolute atomic E-state index is 0.0640. The number of hydrogen-bond acceptors (Lipinski definition) is 4. The molecular formula is C19H12F7N5. The molecule has 2 aromatic heterocycles. The van der Waals surface area contributed by atoms with Crippen LogP contribution in [0.2, 0.25) is 0 Å². The zero-order valence-electron chi connectivity index (χ0n) is 15.4. The second-order valence-corrected chi connectivity index (χ2v) is 6.25. The van der Waals surface area contributed by atoms with Crippen LogP contribution in [0.5, 0.6) is 0 Å². The quantitative estimate of drug-likeness (QED) is 0.566. The highest BCUT2D eigenvalue weighted by atomic mass is 19.4. The Bertz CT molecular complexity index is 1110. The van der Waals surface area contributed by atoms with Gasteiger partial charge in [-0.25, -0.2) is 14.4 Å². The summed E-state index contributed by atoms with van der Waals surface area (Å²) in [5, 5.41) is 11.5. The van der Waals surface area contributed by atoms with Gasteiger partial charge in [0, 0.05) is 31.0 Å². The van der Waals surface area contributed by atoms with Crippen molar-refractivity contribution in [1.82, 2.24) is 14.5 Å². The number of hydrogen-bond donors (Lipinski definition) is 1. The van der Waals surface area contributed by atoms with Gasteiger partial charge in [0.2, 0.25) is 0 Å². The molecule has 1 N–H and O–H groups in total. The van der Waals surface area contributed by atoms with Gasteiger partial charge in [0.25, 0.3) is 0 Å². The molecule has 1 aromatic carbocycles. The SMILES string of the molecule is N#Cc1c(C(F)(F)F)cc(C(F)(F)F)nc1NCCc1nccn1-c1ccc(F)cc1. The molecule has 12 heteroatoms. The molecule has 2 heterocycles. The number of halogens is 7. The van der Waals surface area contributed by atoms with E-state index in [4.69, 9.17) is 5.26 Å². The van der Waals surface area contributed by atoms with Crippen molar-refractivity contribution >= 4 is 5.82 Å². The number of pyridine rings is 1. The van der Waals surface area contributed by atoms with Crippen LogP contribution >= 0.6 is 0 Å². The molecule has 0 spiro atoms. The zero-order chi connectivity index (χ0) is 22.8. The predicted octanol–water partition coefficient (Wildman–Crippen LogP) is 4.97. The number of alkyl halides is 6. The Balaban J connectivity index is 1.87. The number of nitrogens with one attached hydrogen (secondary N) is 1. The van der Waals surface area contributed by atoms with E-state index in [0.29, 0.717) is 11.5 Å². The van der Waals surface area contributed by atoms with Gasteiger partial charge in [0.05, 0.1) is 5.56 Å². The fourth-order valence-corrected chi connectivity index (χ4v) is 2.80. The summed E-state index contributed by atoms with van der Waals surface area (Å²) in [6.45, 7) is -0.168. The largest absolute Gasteiger partial charge is 0.433 e. The van der Waals surface area contributed by atoms with Crippen LogP contribution in [0.25, 0.3) is 5.69 Å². The number of nitrogens with zero attached hydrogens (tertiary/aromatic N) is 4. The Labute approximate surface area is 170 Å². The molecule has 162 valence electrons. The van der Waals surface area contributed by atoms with E-state index in [1.165, 1.54) is 36.5 Å². The minimum Gasteiger partial charge on any atom is -0.368 e. The molecule has 3 rings (SSSR count). The van der Waals surface area contributed by atoms with Crippen LogP contribution in [-0.2, 0) is 18.8 Å². The maximum atomic E-state index is 13.2. The summed E-state index contributed by atoms with van der Waals surface area (Å²) in [5.74, 6) is -0.877. The van der Waals surface area contributed by atoms with Crippen LogP contribution in [0.3, 0.4) is 0 Å². The molecule has 0 bridgehead atoms. The molecule has 0 radical (unpaired) electrons. The number of anilines is 1. The van der Waals surface area contributed by atoms with Crippen molar-refractivity contribution in [3.05, 3.63) is 71.2 Å². The summed E-state index contributed by atoms with van der Waals surface area (Å²) in [7, 11) is 0. The number of benzene rings is 1. The molecule has 0 aliphatic rings. The second kappa shape index (κ2) is 8.25. The third-order valence-corrected chi connectivity index (χ3v) is 4.19. The highest BCUT2D eigenvalue weighted by Crippen LogP contribution is 2.38. The van der Waals surface area contributed by atoms with Crippen molar-refractivity contribution < 1.29 is 30.7 Å². The van der Waals surface area contributed by atoms with E-state index in [9.17, 15) is 30.7 Å². The van der Waals surface area contributed by atoms with Gasteiger partial charge in [0.15, 0.2) is 0 Å². The highest BCUT2D eigenvalue weighted by molar-refractivity contribution is 5.58. The van der Waals surface area contributed by atoms with Gasteiger partial charge in [-0.15, -0.1) is 0 Å². The van der Waals surface area contributed by atoms with Crippen molar-refractivity contribution in [3.63, 3.8) is 0 Å². The molecular weight excluding hydrogens is 431 g/mol. The Hall–Kier alpha value is -3.62. The third-order valence-electron chi connectivity index (χ3n) is 4.19. The lowest BCUT2D eigenvalue weighted by molar-refractivity contribution is -0.145. The highest BCUT2D eigenvalue weighted by Gasteiger charge is 2.41. The van der Waals surface area contributed by atoms with E-state index in [-0.39, 0.29) is 19.0 Å². The topological polar surface area (TPSA) is 66.5 Å². The molecule has 0 unspecified atom stereocenters. The summed E-state index contributed by atoms with van der Waals surface area (Å²) in [5.41, 5.74) is -3.98. The lowest BCUT2D eigenvalue weighted by Gasteiger charge is -2.16. The van der Waals surface area contributed by atoms with Gasteiger partial charge < -0.3 is 9.88 Å². The first-order valence-corrected chi connectivity index (χ1v) is 8.62. The average molecular weight is 443 g/mol. The Morgan fingerprint density at radius 2 is 1.71 bits per heavy atom. The molecule has 0 fully saturated rings. The fourth-order valence-electron chi connectivity index (χ4n) is 2.80. The van der Waals surface area contributed by atoms with E-state index in [1.54, 1.807) is 10.8 Å². The lowest BCUT2D eigenvalue weighted by Crippen LogP contribution is -2.19. The van der Waals surface area contributed by atoms with Gasteiger partial charge in [-0.3, -0.25) is 0 Å². The van der Waals surface area contributed by atoms with Crippen LogP contribution < -0.4 is 5.32 Å². The Morgan fingerprint density at radius 1 is 1.03 bits per heavy atom. The van der Waals surface area contributed by atoms with Crippen LogP contribution in [0, 0.1) is 17.1 Å². The molecule has 0 aliphatic carbocycles. The third kappa shape index (κ3) is 4.93. The molecule has 3 aromatic rings. The van der Waals surface area contributed by atoms with Crippen molar-refractivity contribution in [2.45, 2.75) is 18.8 Å². The van der Waals surface area contributed by atoms with E-state index in [0.717, 1.165) is 0 Å². The molecule has 5 nitrogen and oxygen atoms in total. The van der Waals surface area contributed by atoms with Gasteiger partial charge in [-0.1, -0.05) is 0 Å². The summed E-state index contributed by atoms with van der Waals surface area (Å²) in [4.78, 5) is 7.26.